The molecule has 0 atom stereocenters. The highest BCUT2D eigenvalue weighted by atomic mass is 16.5. The van der Waals surface area contributed by atoms with Crippen molar-refractivity contribution in [2.45, 2.75) is 119 Å². The molecule has 6 aromatic carbocycles. The van der Waals surface area contributed by atoms with Crippen LogP contribution in [0.2, 0.25) is 0 Å². The number of ether oxygens (including phenoxy) is 2. The Labute approximate surface area is 309 Å². The lowest BCUT2D eigenvalue weighted by Crippen LogP contribution is -2.09. The number of carbonyl (C=O) groups is 2. The van der Waals surface area contributed by atoms with Crippen LogP contribution in [0.3, 0.4) is 0 Å². The van der Waals surface area contributed by atoms with Crippen LogP contribution in [0.15, 0.2) is 72.8 Å². The topological polar surface area (TPSA) is 52.6 Å². The fourth-order valence-corrected chi connectivity index (χ4v) is 7.67. The molecule has 0 spiro atoms. The lowest BCUT2D eigenvalue weighted by atomic mass is 9.84. The summed E-state index contributed by atoms with van der Waals surface area (Å²) in [5.74, 6) is 0.877. The highest BCUT2D eigenvalue weighted by Crippen LogP contribution is 2.50. The minimum absolute atomic E-state index is 0.188. The number of carbonyl (C=O) groups excluding carboxylic acids is 2. The smallest absolute Gasteiger partial charge is 0.311 e. The molecule has 6 rings (SSSR count). The van der Waals surface area contributed by atoms with E-state index < -0.39 is 0 Å². The second-order valence-electron chi connectivity index (χ2n) is 14.9. The van der Waals surface area contributed by atoms with E-state index in [4.69, 9.17) is 9.47 Å². The van der Waals surface area contributed by atoms with Crippen LogP contribution in [0.25, 0.3) is 54.2 Å². The molecule has 0 heterocycles. The molecular formula is C48H54O4. The maximum Gasteiger partial charge on any atom is 0.311 e. The van der Waals surface area contributed by atoms with E-state index in [-0.39, 0.29) is 11.9 Å². The first-order valence-electron chi connectivity index (χ1n) is 19.5. The van der Waals surface area contributed by atoms with Gasteiger partial charge in [0, 0.05) is 34.4 Å². The molecule has 270 valence electrons. The van der Waals surface area contributed by atoms with Crippen LogP contribution in [0.1, 0.15) is 113 Å². The van der Waals surface area contributed by atoms with Crippen LogP contribution in [-0.2, 0) is 9.59 Å². The van der Waals surface area contributed by atoms with Gasteiger partial charge in [-0.25, -0.2) is 0 Å². The third kappa shape index (κ3) is 8.02. The molecule has 0 amide bonds. The van der Waals surface area contributed by atoms with Gasteiger partial charge in [0.25, 0.3) is 0 Å². The number of aryl methyl sites for hydroxylation is 4. The van der Waals surface area contributed by atoms with E-state index in [2.05, 4.69) is 114 Å². The van der Waals surface area contributed by atoms with E-state index >= 15 is 0 Å². The Morgan fingerprint density at radius 3 is 1.10 bits per heavy atom. The molecular weight excluding hydrogens is 641 g/mol. The van der Waals surface area contributed by atoms with Crippen molar-refractivity contribution in [1.82, 2.24) is 0 Å². The molecule has 0 unspecified atom stereocenters. The molecule has 6 aromatic rings. The van der Waals surface area contributed by atoms with Crippen LogP contribution in [0, 0.1) is 27.7 Å². The zero-order chi connectivity index (χ0) is 36.8. The normalized spacial score (nSPS) is 11.6. The van der Waals surface area contributed by atoms with Crippen molar-refractivity contribution < 1.29 is 19.1 Å². The molecule has 0 fully saturated rings. The van der Waals surface area contributed by atoms with Gasteiger partial charge in [0.2, 0.25) is 0 Å². The minimum Gasteiger partial charge on any atom is -0.425 e. The van der Waals surface area contributed by atoms with E-state index in [1.807, 2.05) is 0 Å². The number of fused-ring (bicyclic) bond motifs is 4. The maximum atomic E-state index is 13.4. The molecule has 4 heteroatoms. The Balaban J connectivity index is 1.59. The fourth-order valence-electron chi connectivity index (χ4n) is 7.67. The van der Waals surface area contributed by atoms with Crippen LogP contribution in [0.5, 0.6) is 11.5 Å². The van der Waals surface area contributed by atoms with Crippen molar-refractivity contribution in [3.05, 3.63) is 95.1 Å². The standard InChI is InChI=1S/C48H54O4/c1-7-9-11-13-15-17-43(49)51-47-37-25-21-31(3)27-39(37)45(35-23-19-33(5)29-41(35)47)46-36-24-20-34(6)30-42(36)48(38-26-22-32(4)28-40(38)46)52-44(50)18-16-14-12-10-8-2/h19-30H,7-18H2,1-6H3. The van der Waals surface area contributed by atoms with E-state index in [1.165, 1.54) is 25.7 Å². The van der Waals surface area contributed by atoms with Gasteiger partial charge in [0.15, 0.2) is 0 Å². The minimum atomic E-state index is -0.188. The van der Waals surface area contributed by atoms with Gasteiger partial charge < -0.3 is 9.47 Å². The molecule has 0 saturated heterocycles. The number of esters is 2. The van der Waals surface area contributed by atoms with Gasteiger partial charge in [0.05, 0.1) is 0 Å². The van der Waals surface area contributed by atoms with Crippen LogP contribution in [0.4, 0.5) is 0 Å². The summed E-state index contributed by atoms with van der Waals surface area (Å²) < 4.78 is 12.7. The van der Waals surface area contributed by atoms with Crippen LogP contribution in [-0.4, -0.2) is 11.9 Å². The summed E-state index contributed by atoms with van der Waals surface area (Å²) in [6.45, 7) is 12.8. The average Bonchev–Trinajstić information content (AvgIpc) is 3.12. The predicted octanol–water partition coefficient (Wildman–Crippen LogP) is 13.7. The second-order valence-corrected chi connectivity index (χ2v) is 14.9. The van der Waals surface area contributed by atoms with Gasteiger partial charge in [-0.3, -0.25) is 9.59 Å². The van der Waals surface area contributed by atoms with E-state index in [0.29, 0.717) is 24.3 Å². The molecule has 0 aliphatic carbocycles. The first kappa shape index (κ1) is 37.1. The third-order valence-corrected chi connectivity index (χ3v) is 10.4. The second kappa shape index (κ2) is 16.8. The molecule has 4 nitrogen and oxygen atoms in total. The zero-order valence-corrected chi connectivity index (χ0v) is 32.0. The lowest BCUT2D eigenvalue weighted by molar-refractivity contribution is -0.135. The molecule has 0 bridgehead atoms. The Bertz CT molecular complexity index is 2100. The van der Waals surface area contributed by atoms with Crippen molar-refractivity contribution in [2.75, 3.05) is 0 Å². The van der Waals surface area contributed by atoms with E-state index in [0.717, 1.165) is 115 Å². The highest BCUT2D eigenvalue weighted by Gasteiger charge is 2.25. The summed E-state index contributed by atoms with van der Waals surface area (Å²) in [7, 11) is 0. The highest BCUT2D eigenvalue weighted by molar-refractivity contribution is 6.27. The maximum absolute atomic E-state index is 13.4. The summed E-state index contributed by atoms with van der Waals surface area (Å²) in [5, 5.41) is 7.78. The number of rotatable bonds is 15. The SMILES string of the molecule is CCCCCCCC(=O)Oc1c2cc(C)ccc2c(-c2c3ccc(C)cc3c(OC(=O)CCCCCCC)c3ccc(C)cc23)c2cc(C)ccc12. The molecule has 0 N–H and O–H groups in total. The molecule has 0 radical (unpaired) electrons. The first-order valence-corrected chi connectivity index (χ1v) is 19.5. The average molecular weight is 695 g/mol. The van der Waals surface area contributed by atoms with Crippen LogP contribution < -0.4 is 9.47 Å². The number of benzene rings is 6. The largest absolute Gasteiger partial charge is 0.425 e. The monoisotopic (exact) mass is 694 g/mol. The molecule has 0 aliphatic heterocycles. The van der Waals surface area contributed by atoms with Gasteiger partial charge >= 0.3 is 11.9 Å². The van der Waals surface area contributed by atoms with Crippen molar-refractivity contribution >= 4 is 55.0 Å². The quantitative estimate of drug-likeness (QED) is 0.0465. The predicted molar refractivity (Wildman–Crippen MR) is 219 cm³/mol. The Morgan fingerprint density at radius 1 is 0.404 bits per heavy atom. The summed E-state index contributed by atoms with van der Waals surface area (Å²) in [4.78, 5) is 26.9. The van der Waals surface area contributed by atoms with Gasteiger partial charge in [-0.05, 0) is 85.3 Å². The van der Waals surface area contributed by atoms with Crippen molar-refractivity contribution in [3.63, 3.8) is 0 Å². The van der Waals surface area contributed by atoms with Gasteiger partial charge in [-0.15, -0.1) is 0 Å². The van der Waals surface area contributed by atoms with Crippen molar-refractivity contribution in [1.29, 1.82) is 0 Å². The van der Waals surface area contributed by atoms with E-state index in [9.17, 15) is 9.59 Å². The Morgan fingerprint density at radius 2 is 0.731 bits per heavy atom. The van der Waals surface area contributed by atoms with Gasteiger partial charge in [-0.1, -0.05) is 148 Å². The van der Waals surface area contributed by atoms with Crippen molar-refractivity contribution in [2.24, 2.45) is 0 Å². The van der Waals surface area contributed by atoms with Gasteiger partial charge in [-0.2, -0.15) is 0 Å². The molecule has 0 aliphatic rings. The molecule has 0 saturated carbocycles. The number of hydrogen-bond acceptors (Lipinski definition) is 4. The third-order valence-electron chi connectivity index (χ3n) is 10.4. The van der Waals surface area contributed by atoms with Crippen molar-refractivity contribution in [3.8, 4) is 22.6 Å². The lowest BCUT2D eigenvalue weighted by Gasteiger charge is -2.22. The van der Waals surface area contributed by atoms with Crippen LogP contribution >= 0.6 is 0 Å². The Kier molecular flexibility index (Phi) is 11.9. The summed E-state index contributed by atoms with van der Waals surface area (Å²) in [6.07, 6.45) is 11.5. The number of unbranched alkanes of at least 4 members (excludes halogenated alkanes) is 8. The zero-order valence-electron chi connectivity index (χ0n) is 32.0. The molecule has 0 aromatic heterocycles. The number of hydrogen-bond donors (Lipinski definition) is 0. The van der Waals surface area contributed by atoms with E-state index in [1.54, 1.807) is 0 Å². The van der Waals surface area contributed by atoms with Gasteiger partial charge in [0.1, 0.15) is 11.5 Å². The Hall–Kier alpha value is -4.70. The molecule has 52 heavy (non-hydrogen) atoms. The summed E-state index contributed by atoms with van der Waals surface area (Å²) in [5.41, 5.74) is 6.62. The fraction of sp³-hybridized carbons (Fsp3) is 0.375. The summed E-state index contributed by atoms with van der Waals surface area (Å²) in [6, 6.07) is 25.8. The first-order chi connectivity index (χ1) is 25.2. The summed E-state index contributed by atoms with van der Waals surface area (Å²) >= 11 is 0.